The average molecular weight is 389 g/mol. The van der Waals surface area contributed by atoms with Gasteiger partial charge in [-0.1, -0.05) is 48.0 Å². The Hall–Kier alpha value is -2.08. The van der Waals surface area contributed by atoms with Gasteiger partial charge in [0.25, 0.3) is 0 Å². The van der Waals surface area contributed by atoms with E-state index in [4.69, 9.17) is 11.6 Å². The molecule has 0 radical (unpaired) electrons. The number of fused-ring (bicyclic) bond motifs is 1. The summed E-state index contributed by atoms with van der Waals surface area (Å²) in [5.41, 5.74) is 2.71. The van der Waals surface area contributed by atoms with Gasteiger partial charge in [-0.05, 0) is 36.2 Å². The van der Waals surface area contributed by atoms with E-state index in [-0.39, 0.29) is 11.4 Å². The van der Waals surface area contributed by atoms with Crippen LogP contribution in [0, 0.1) is 6.92 Å². The summed E-state index contributed by atoms with van der Waals surface area (Å²) in [7, 11) is 0.190. The molecule has 0 saturated heterocycles. The number of anilines is 1. The van der Waals surface area contributed by atoms with Crippen LogP contribution in [0.1, 0.15) is 11.1 Å². The Morgan fingerprint density at radius 2 is 1.62 bits per heavy atom. The van der Waals surface area contributed by atoms with Crippen LogP contribution < -0.4 is 9.62 Å². The Morgan fingerprint density at radius 1 is 0.962 bits per heavy atom. The predicted molar refractivity (Wildman–Crippen MR) is 108 cm³/mol. The van der Waals surface area contributed by atoms with Crippen molar-refractivity contribution >= 4 is 38.1 Å². The molecule has 3 rings (SSSR count). The fraction of sp³-hybridized carbons (Fsp3) is 0.200. The first kappa shape index (κ1) is 18.7. The van der Waals surface area contributed by atoms with Crippen LogP contribution in [-0.2, 0) is 16.6 Å². The zero-order valence-corrected chi connectivity index (χ0v) is 16.5. The first-order chi connectivity index (χ1) is 12.3. The molecule has 0 aliphatic heterocycles. The molecular weight excluding hydrogens is 368 g/mol. The van der Waals surface area contributed by atoms with E-state index in [1.807, 2.05) is 62.3 Å². The van der Waals surface area contributed by atoms with E-state index in [9.17, 15) is 8.42 Å². The molecular formula is C20H21ClN2O2S. The van der Waals surface area contributed by atoms with Crippen LogP contribution in [0.4, 0.5) is 5.69 Å². The van der Waals surface area contributed by atoms with E-state index in [0.717, 1.165) is 22.2 Å². The molecule has 0 atom stereocenters. The van der Waals surface area contributed by atoms with E-state index >= 15 is 0 Å². The van der Waals surface area contributed by atoms with Gasteiger partial charge in [0.05, 0.1) is 4.90 Å². The van der Waals surface area contributed by atoms with Gasteiger partial charge in [0.15, 0.2) is 0 Å². The number of aryl methyl sites for hydroxylation is 1. The minimum atomic E-state index is -3.69. The molecule has 0 unspecified atom stereocenters. The Kier molecular flexibility index (Phi) is 5.23. The summed E-state index contributed by atoms with van der Waals surface area (Å²) in [6.07, 6.45) is 0. The molecule has 6 heteroatoms. The third-order valence-corrected chi connectivity index (χ3v) is 6.24. The van der Waals surface area contributed by atoms with Crippen LogP contribution >= 0.6 is 11.6 Å². The van der Waals surface area contributed by atoms with E-state index in [1.54, 1.807) is 18.2 Å². The first-order valence-corrected chi connectivity index (χ1v) is 10.1. The number of halogens is 1. The van der Waals surface area contributed by atoms with Gasteiger partial charge < -0.3 is 4.90 Å². The quantitative estimate of drug-likeness (QED) is 0.707. The van der Waals surface area contributed by atoms with Gasteiger partial charge in [-0.25, -0.2) is 13.1 Å². The van der Waals surface area contributed by atoms with Crippen molar-refractivity contribution in [2.24, 2.45) is 0 Å². The maximum absolute atomic E-state index is 13.0. The van der Waals surface area contributed by atoms with Crippen molar-refractivity contribution in [3.63, 3.8) is 0 Å². The molecule has 136 valence electrons. The van der Waals surface area contributed by atoms with Crippen LogP contribution in [-0.4, -0.2) is 22.5 Å². The molecule has 26 heavy (non-hydrogen) atoms. The van der Waals surface area contributed by atoms with Gasteiger partial charge in [-0.3, -0.25) is 0 Å². The second kappa shape index (κ2) is 7.27. The number of rotatable bonds is 5. The zero-order chi connectivity index (χ0) is 18.9. The summed E-state index contributed by atoms with van der Waals surface area (Å²) in [6, 6.07) is 16.5. The summed E-state index contributed by atoms with van der Waals surface area (Å²) in [5.74, 6) is 0. The molecule has 3 aromatic carbocycles. The highest BCUT2D eigenvalue weighted by Crippen LogP contribution is 2.30. The highest BCUT2D eigenvalue weighted by Gasteiger charge is 2.19. The zero-order valence-electron chi connectivity index (χ0n) is 15.0. The number of sulfonamides is 1. The SMILES string of the molecule is Cc1cccc(Cl)c1CNS(=O)(=O)c1cccc2c(N(C)C)cccc12. The second-order valence-corrected chi connectivity index (χ2v) is 8.53. The monoisotopic (exact) mass is 388 g/mol. The Balaban J connectivity index is 2.01. The summed E-state index contributed by atoms with van der Waals surface area (Å²) >= 11 is 6.21. The minimum absolute atomic E-state index is 0.150. The van der Waals surface area contributed by atoms with E-state index < -0.39 is 10.0 Å². The molecule has 0 aliphatic carbocycles. The van der Waals surface area contributed by atoms with Gasteiger partial charge >= 0.3 is 0 Å². The molecule has 0 aliphatic rings. The van der Waals surface area contributed by atoms with Crippen molar-refractivity contribution in [3.8, 4) is 0 Å². The van der Waals surface area contributed by atoms with Gasteiger partial charge in [0.2, 0.25) is 10.0 Å². The van der Waals surface area contributed by atoms with Crippen LogP contribution in [0.3, 0.4) is 0 Å². The topological polar surface area (TPSA) is 49.4 Å². The van der Waals surface area contributed by atoms with Crippen molar-refractivity contribution in [2.45, 2.75) is 18.4 Å². The Morgan fingerprint density at radius 3 is 2.31 bits per heavy atom. The molecule has 0 saturated carbocycles. The number of hydrogen-bond acceptors (Lipinski definition) is 3. The van der Waals surface area contributed by atoms with Gasteiger partial charge in [0.1, 0.15) is 0 Å². The van der Waals surface area contributed by atoms with Crippen LogP contribution in [0.25, 0.3) is 10.8 Å². The Labute approximate surface area is 159 Å². The lowest BCUT2D eigenvalue weighted by Gasteiger charge is -2.17. The van der Waals surface area contributed by atoms with Crippen LogP contribution in [0.2, 0.25) is 5.02 Å². The molecule has 3 aromatic rings. The predicted octanol–water partition coefficient (Wildman–Crippen LogP) is 4.35. The lowest BCUT2D eigenvalue weighted by molar-refractivity contribution is 0.582. The summed E-state index contributed by atoms with van der Waals surface area (Å²) in [4.78, 5) is 2.24. The average Bonchev–Trinajstić information content (AvgIpc) is 2.60. The van der Waals surface area contributed by atoms with Crippen LogP contribution in [0.15, 0.2) is 59.5 Å². The smallest absolute Gasteiger partial charge is 0.241 e. The highest BCUT2D eigenvalue weighted by molar-refractivity contribution is 7.89. The number of nitrogens with one attached hydrogen (secondary N) is 1. The standard InChI is InChI=1S/C20H21ClN2O2S/c1-14-7-4-10-18(21)17(14)13-22-26(24,25)20-12-6-8-15-16(20)9-5-11-19(15)23(2)3/h4-12,22H,13H2,1-3H3. The third kappa shape index (κ3) is 3.56. The van der Waals surface area contributed by atoms with Crippen molar-refractivity contribution in [3.05, 3.63) is 70.7 Å². The van der Waals surface area contributed by atoms with Crippen molar-refractivity contribution in [2.75, 3.05) is 19.0 Å². The molecule has 0 spiro atoms. The van der Waals surface area contributed by atoms with Crippen molar-refractivity contribution in [1.82, 2.24) is 4.72 Å². The summed E-state index contributed by atoms with van der Waals surface area (Å²) in [6.45, 7) is 2.06. The molecule has 0 fully saturated rings. The second-order valence-electron chi connectivity index (χ2n) is 6.38. The lowest BCUT2D eigenvalue weighted by Crippen LogP contribution is -2.24. The highest BCUT2D eigenvalue weighted by atomic mass is 35.5. The largest absolute Gasteiger partial charge is 0.377 e. The fourth-order valence-electron chi connectivity index (χ4n) is 3.02. The number of hydrogen-bond donors (Lipinski definition) is 1. The normalized spacial score (nSPS) is 11.7. The molecule has 0 aromatic heterocycles. The molecule has 0 amide bonds. The van der Waals surface area contributed by atoms with Gasteiger partial charge in [-0.2, -0.15) is 0 Å². The molecule has 0 bridgehead atoms. The van der Waals surface area contributed by atoms with E-state index in [1.165, 1.54) is 0 Å². The fourth-order valence-corrected chi connectivity index (χ4v) is 4.53. The third-order valence-electron chi connectivity index (χ3n) is 4.42. The Bertz CT molecular complexity index is 1040. The lowest BCUT2D eigenvalue weighted by atomic mass is 10.1. The maximum Gasteiger partial charge on any atom is 0.241 e. The number of benzene rings is 3. The molecule has 1 N–H and O–H groups in total. The van der Waals surface area contributed by atoms with Gasteiger partial charge in [-0.15, -0.1) is 0 Å². The minimum Gasteiger partial charge on any atom is -0.377 e. The first-order valence-electron chi connectivity index (χ1n) is 8.24. The molecule has 0 heterocycles. The van der Waals surface area contributed by atoms with Gasteiger partial charge in [0, 0.05) is 42.1 Å². The maximum atomic E-state index is 13.0. The van der Waals surface area contributed by atoms with Crippen molar-refractivity contribution < 1.29 is 8.42 Å². The summed E-state index contributed by atoms with van der Waals surface area (Å²) in [5, 5.41) is 2.15. The summed E-state index contributed by atoms with van der Waals surface area (Å²) < 4.78 is 28.6. The van der Waals surface area contributed by atoms with E-state index in [2.05, 4.69) is 4.72 Å². The van der Waals surface area contributed by atoms with Crippen molar-refractivity contribution in [1.29, 1.82) is 0 Å². The number of nitrogens with zero attached hydrogens (tertiary/aromatic N) is 1. The van der Waals surface area contributed by atoms with E-state index in [0.29, 0.717) is 10.4 Å². The van der Waals surface area contributed by atoms with Crippen LogP contribution in [0.5, 0.6) is 0 Å². The molecule has 4 nitrogen and oxygen atoms in total.